The van der Waals surface area contributed by atoms with Crippen LogP contribution in [-0.2, 0) is 0 Å². The number of carbonyl (C=O) groups excluding carboxylic acids is 1. The van der Waals surface area contributed by atoms with E-state index in [1.807, 2.05) is 26.0 Å². The summed E-state index contributed by atoms with van der Waals surface area (Å²) in [6.07, 6.45) is 6.02. The first-order valence-electron chi connectivity index (χ1n) is 9.58. The molecule has 29 heavy (non-hydrogen) atoms. The number of ether oxygens (including phenoxy) is 1. The van der Waals surface area contributed by atoms with Crippen molar-refractivity contribution in [3.63, 3.8) is 0 Å². The fraction of sp³-hybridized carbons (Fsp3) is 0.333. The van der Waals surface area contributed by atoms with E-state index < -0.39 is 11.7 Å². The quantitative estimate of drug-likeness (QED) is 0.678. The maximum Gasteiger partial charge on any atom is 0.259 e. The topological polar surface area (TPSA) is 73.1 Å². The molecule has 1 amide bonds. The van der Waals surface area contributed by atoms with Crippen molar-refractivity contribution in [3.05, 3.63) is 65.9 Å². The lowest BCUT2D eigenvalue weighted by Gasteiger charge is -2.38. The fourth-order valence-electron chi connectivity index (χ4n) is 3.57. The highest BCUT2D eigenvalue weighted by Crippen LogP contribution is 2.26. The Kier molecular flexibility index (Phi) is 5.24. The predicted molar refractivity (Wildman–Crippen MR) is 104 cm³/mol. The zero-order chi connectivity index (χ0) is 20.4. The van der Waals surface area contributed by atoms with Gasteiger partial charge < -0.3 is 9.64 Å². The lowest BCUT2D eigenvalue weighted by Crippen LogP contribution is -2.49. The summed E-state index contributed by atoms with van der Waals surface area (Å²) >= 11 is 0. The molecule has 1 aromatic carbocycles. The largest absolute Gasteiger partial charge is 0.472 e. The van der Waals surface area contributed by atoms with Crippen molar-refractivity contribution in [1.29, 1.82) is 0 Å². The van der Waals surface area contributed by atoms with Crippen molar-refractivity contribution >= 4 is 5.91 Å². The molecule has 0 unspecified atom stereocenters. The van der Waals surface area contributed by atoms with Crippen LogP contribution in [0.25, 0.3) is 5.69 Å². The average molecular weight is 395 g/mol. The first-order valence-corrected chi connectivity index (χ1v) is 9.58. The molecule has 1 aliphatic rings. The number of aryl methyl sites for hydroxylation is 1. The molecule has 150 valence electrons. The van der Waals surface area contributed by atoms with Gasteiger partial charge in [-0.15, -0.1) is 0 Å². The van der Waals surface area contributed by atoms with Crippen LogP contribution in [0.5, 0.6) is 5.88 Å². The van der Waals surface area contributed by atoms with Gasteiger partial charge in [-0.1, -0.05) is 6.07 Å². The van der Waals surface area contributed by atoms with Crippen molar-refractivity contribution in [2.24, 2.45) is 0 Å². The van der Waals surface area contributed by atoms with Crippen LogP contribution >= 0.6 is 0 Å². The molecule has 1 aliphatic heterocycles. The molecule has 0 N–H and O–H groups in total. The Morgan fingerprint density at radius 2 is 1.97 bits per heavy atom. The Balaban J connectivity index is 1.59. The van der Waals surface area contributed by atoms with Gasteiger partial charge in [0.15, 0.2) is 0 Å². The minimum atomic E-state index is -0.597. The van der Waals surface area contributed by atoms with Crippen LogP contribution in [0.15, 0.2) is 48.9 Å². The number of carbonyl (C=O) groups is 1. The highest BCUT2D eigenvalue weighted by molar-refractivity contribution is 5.98. The Labute approximate surface area is 168 Å². The van der Waals surface area contributed by atoms with Crippen molar-refractivity contribution in [2.45, 2.75) is 38.8 Å². The second-order valence-electron chi connectivity index (χ2n) is 7.25. The van der Waals surface area contributed by atoms with Crippen molar-refractivity contribution in [1.82, 2.24) is 24.9 Å². The number of hydrogen-bond acceptors (Lipinski definition) is 5. The van der Waals surface area contributed by atoms with E-state index in [0.717, 1.165) is 18.4 Å². The summed E-state index contributed by atoms with van der Waals surface area (Å²) in [7, 11) is 0. The van der Waals surface area contributed by atoms with E-state index in [1.54, 1.807) is 23.2 Å². The zero-order valence-electron chi connectivity index (χ0n) is 16.3. The molecule has 0 saturated carbocycles. The number of halogens is 1. The van der Waals surface area contributed by atoms with E-state index in [-0.39, 0.29) is 17.7 Å². The summed E-state index contributed by atoms with van der Waals surface area (Å²) in [4.78, 5) is 20.5. The molecule has 0 spiro atoms. The Bertz CT molecular complexity index is 1010. The first-order chi connectivity index (χ1) is 14.0. The summed E-state index contributed by atoms with van der Waals surface area (Å²) in [5.41, 5.74) is 1.33. The first kappa shape index (κ1) is 19.0. The highest BCUT2D eigenvalue weighted by atomic mass is 19.1. The molecule has 1 saturated heterocycles. The van der Waals surface area contributed by atoms with Gasteiger partial charge in [-0.05, 0) is 50.5 Å². The maximum atomic E-state index is 14.7. The number of pyridine rings is 1. The number of benzene rings is 1. The maximum absolute atomic E-state index is 14.7. The number of aromatic nitrogens is 4. The van der Waals surface area contributed by atoms with Gasteiger partial charge in [0.05, 0.1) is 18.9 Å². The molecule has 0 aliphatic carbocycles. The van der Waals surface area contributed by atoms with Gasteiger partial charge in [0.25, 0.3) is 5.91 Å². The summed E-state index contributed by atoms with van der Waals surface area (Å²) in [5, 5.41) is 8.10. The van der Waals surface area contributed by atoms with Crippen LogP contribution in [0.1, 0.15) is 35.7 Å². The van der Waals surface area contributed by atoms with E-state index in [9.17, 15) is 9.18 Å². The van der Waals surface area contributed by atoms with Gasteiger partial charge in [-0.3, -0.25) is 4.79 Å². The Morgan fingerprint density at radius 1 is 1.17 bits per heavy atom. The van der Waals surface area contributed by atoms with Gasteiger partial charge in [-0.2, -0.15) is 15.0 Å². The second-order valence-corrected chi connectivity index (χ2v) is 7.25. The van der Waals surface area contributed by atoms with Crippen LogP contribution in [0.2, 0.25) is 0 Å². The van der Waals surface area contributed by atoms with E-state index in [4.69, 9.17) is 4.74 Å². The second kappa shape index (κ2) is 7.98. The lowest BCUT2D eigenvalue weighted by atomic mass is 9.99. The molecular weight excluding hydrogens is 373 g/mol. The third-order valence-electron chi connectivity index (χ3n) is 5.12. The minimum Gasteiger partial charge on any atom is -0.472 e. The van der Waals surface area contributed by atoms with Crippen molar-refractivity contribution < 1.29 is 13.9 Å². The average Bonchev–Trinajstić information content (AvgIpc) is 3.23. The molecule has 2 atom stereocenters. The summed E-state index contributed by atoms with van der Waals surface area (Å²) < 4.78 is 20.7. The Morgan fingerprint density at radius 3 is 2.72 bits per heavy atom. The van der Waals surface area contributed by atoms with Crippen LogP contribution in [-0.4, -0.2) is 49.5 Å². The monoisotopic (exact) mass is 395 g/mol. The van der Waals surface area contributed by atoms with E-state index in [0.29, 0.717) is 18.1 Å². The van der Waals surface area contributed by atoms with Gasteiger partial charge in [0.2, 0.25) is 5.88 Å². The SMILES string of the molecule is Cc1ccnc(O[C@@H]2CC[C@@H](C)N(C(=O)c3c(F)cccc3-n3nccn3)C2)c1. The van der Waals surface area contributed by atoms with Crippen LogP contribution in [0.4, 0.5) is 4.39 Å². The third-order valence-corrected chi connectivity index (χ3v) is 5.12. The number of rotatable bonds is 4. The molecule has 3 aromatic rings. The normalized spacial score (nSPS) is 19.2. The van der Waals surface area contributed by atoms with E-state index in [2.05, 4.69) is 15.2 Å². The lowest BCUT2D eigenvalue weighted by molar-refractivity contribution is 0.0368. The number of hydrogen-bond donors (Lipinski definition) is 0. The van der Waals surface area contributed by atoms with Gasteiger partial charge in [0.1, 0.15) is 23.2 Å². The van der Waals surface area contributed by atoms with Gasteiger partial charge in [0, 0.05) is 18.3 Å². The molecule has 7 nitrogen and oxygen atoms in total. The summed E-state index contributed by atoms with van der Waals surface area (Å²) in [6, 6.07) is 8.18. The van der Waals surface area contributed by atoms with Gasteiger partial charge >= 0.3 is 0 Å². The molecule has 2 aromatic heterocycles. The zero-order valence-corrected chi connectivity index (χ0v) is 16.3. The third kappa shape index (κ3) is 3.96. The number of amides is 1. The molecule has 4 rings (SSSR count). The smallest absolute Gasteiger partial charge is 0.259 e. The van der Waals surface area contributed by atoms with Gasteiger partial charge in [-0.25, -0.2) is 9.37 Å². The van der Waals surface area contributed by atoms with Crippen LogP contribution in [0.3, 0.4) is 0 Å². The van der Waals surface area contributed by atoms with Crippen LogP contribution < -0.4 is 4.74 Å². The van der Waals surface area contributed by atoms with Crippen molar-refractivity contribution in [3.8, 4) is 11.6 Å². The number of likely N-dealkylation sites (tertiary alicyclic amines) is 1. The molecule has 8 heteroatoms. The number of piperidine rings is 1. The number of nitrogens with zero attached hydrogens (tertiary/aromatic N) is 5. The molecule has 3 heterocycles. The Hall–Kier alpha value is -3.29. The molecule has 0 radical (unpaired) electrons. The summed E-state index contributed by atoms with van der Waals surface area (Å²) in [5.74, 6) is -0.460. The summed E-state index contributed by atoms with van der Waals surface area (Å²) in [6.45, 7) is 4.29. The van der Waals surface area contributed by atoms with E-state index >= 15 is 0 Å². The standard InChI is InChI=1S/C21H22FN5O2/c1-14-8-9-23-19(12-14)29-16-7-6-15(2)26(13-16)21(28)20-17(22)4-3-5-18(20)27-24-10-11-25-27/h3-5,8-12,15-16H,6-7,13H2,1-2H3/t15-,16-/m1/s1. The highest BCUT2D eigenvalue weighted by Gasteiger charge is 2.33. The predicted octanol–water partition coefficient (Wildman–Crippen LogP) is 3.18. The molecule has 1 fully saturated rings. The van der Waals surface area contributed by atoms with E-state index in [1.165, 1.54) is 23.3 Å². The minimum absolute atomic E-state index is 0.0362. The molecular formula is C21H22FN5O2. The van der Waals surface area contributed by atoms with Crippen LogP contribution in [0, 0.1) is 12.7 Å². The molecule has 0 bridgehead atoms. The van der Waals surface area contributed by atoms with Crippen molar-refractivity contribution in [2.75, 3.05) is 6.54 Å². The fourth-order valence-corrected chi connectivity index (χ4v) is 3.57.